The second kappa shape index (κ2) is 9.19. The summed E-state index contributed by atoms with van der Waals surface area (Å²) in [4.78, 5) is 12.2. The lowest BCUT2D eigenvalue weighted by Gasteiger charge is -2.22. The van der Waals surface area contributed by atoms with Crippen molar-refractivity contribution in [3.8, 4) is 5.75 Å². The van der Waals surface area contributed by atoms with Crippen LogP contribution in [-0.4, -0.2) is 25.5 Å². The van der Waals surface area contributed by atoms with Gasteiger partial charge in [0.1, 0.15) is 0 Å². The summed E-state index contributed by atoms with van der Waals surface area (Å²) >= 11 is 0. The van der Waals surface area contributed by atoms with E-state index in [-0.39, 0.29) is 10.9 Å². The summed E-state index contributed by atoms with van der Waals surface area (Å²) in [5, 5.41) is 11.8. The summed E-state index contributed by atoms with van der Waals surface area (Å²) in [6.45, 7) is 0. The highest BCUT2D eigenvalue weighted by Gasteiger charge is 2.21. The van der Waals surface area contributed by atoms with Gasteiger partial charge in [0.25, 0.3) is 0 Å². The van der Waals surface area contributed by atoms with E-state index in [0.717, 1.165) is 38.2 Å². The van der Waals surface area contributed by atoms with E-state index in [1.807, 2.05) is 0 Å². The molecule has 1 amide bonds. The number of aromatic hydroxyl groups is 1. The lowest BCUT2D eigenvalue weighted by Crippen LogP contribution is -2.36. The van der Waals surface area contributed by atoms with Crippen LogP contribution < -0.4 is 10.0 Å². The van der Waals surface area contributed by atoms with Gasteiger partial charge in [-0.05, 0) is 60.9 Å². The third-order valence-corrected chi connectivity index (χ3v) is 6.29. The highest BCUT2D eigenvalue weighted by atomic mass is 32.2. The van der Waals surface area contributed by atoms with Gasteiger partial charge >= 0.3 is 0 Å². The first-order valence-electron chi connectivity index (χ1n) is 9.43. The van der Waals surface area contributed by atoms with E-state index < -0.39 is 27.5 Å². The van der Waals surface area contributed by atoms with Gasteiger partial charge < -0.3 is 10.4 Å². The predicted molar refractivity (Wildman–Crippen MR) is 109 cm³/mol. The maximum Gasteiger partial charge on any atom is 0.248 e. The molecule has 1 aliphatic carbocycles. The lowest BCUT2D eigenvalue weighted by molar-refractivity contribution is -0.111. The van der Waals surface area contributed by atoms with E-state index in [1.54, 1.807) is 0 Å². The van der Waals surface area contributed by atoms with Crippen molar-refractivity contribution >= 4 is 27.7 Å². The molecule has 0 saturated heterocycles. The zero-order chi connectivity index (χ0) is 20.9. The van der Waals surface area contributed by atoms with Crippen LogP contribution in [0.4, 0.5) is 10.1 Å². The maximum atomic E-state index is 13.3. The molecule has 1 fully saturated rings. The van der Waals surface area contributed by atoms with Crippen LogP contribution in [0.25, 0.3) is 6.08 Å². The minimum Gasteiger partial charge on any atom is -0.505 e. The molecule has 0 aromatic heterocycles. The summed E-state index contributed by atoms with van der Waals surface area (Å²) in [7, 11) is -3.59. The number of sulfonamides is 1. The van der Waals surface area contributed by atoms with Crippen LogP contribution >= 0.6 is 0 Å². The van der Waals surface area contributed by atoms with Gasteiger partial charge in [0.2, 0.25) is 15.9 Å². The number of anilines is 1. The quantitative estimate of drug-likeness (QED) is 0.622. The molecule has 1 aliphatic rings. The molecule has 0 aliphatic heterocycles. The van der Waals surface area contributed by atoms with Crippen molar-refractivity contribution in [2.45, 2.75) is 43.0 Å². The predicted octanol–water partition coefficient (Wildman–Crippen LogP) is 3.79. The maximum absolute atomic E-state index is 13.3. The van der Waals surface area contributed by atoms with Gasteiger partial charge in [-0.25, -0.2) is 17.5 Å². The number of benzene rings is 2. The molecule has 2 aromatic carbocycles. The largest absolute Gasteiger partial charge is 0.505 e. The van der Waals surface area contributed by atoms with Crippen LogP contribution in [0, 0.1) is 5.82 Å². The van der Waals surface area contributed by atoms with Crippen molar-refractivity contribution < 1.29 is 22.7 Å². The van der Waals surface area contributed by atoms with Gasteiger partial charge in [-0.3, -0.25) is 4.79 Å². The van der Waals surface area contributed by atoms with Crippen molar-refractivity contribution in [2.24, 2.45) is 0 Å². The van der Waals surface area contributed by atoms with Crippen molar-refractivity contribution in [3.63, 3.8) is 0 Å². The zero-order valence-corrected chi connectivity index (χ0v) is 16.6. The van der Waals surface area contributed by atoms with E-state index in [2.05, 4.69) is 10.0 Å². The number of phenols is 1. The first kappa shape index (κ1) is 21.0. The summed E-state index contributed by atoms with van der Waals surface area (Å²) in [5.74, 6) is -1.68. The summed E-state index contributed by atoms with van der Waals surface area (Å²) in [6, 6.07) is 9.68. The number of nitrogens with one attached hydrogen (secondary N) is 2. The fraction of sp³-hybridized carbons (Fsp3) is 0.286. The molecule has 1 saturated carbocycles. The highest BCUT2D eigenvalue weighted by molar-refractivity contribution is 7.89. The van der Waals surface area contributed by atoms with Crippen LogP contribution in [0.5, 0.6) is 5.75 Å². The molecule has 0 heterocycles. The second-order valence-corrected chi connectivity index (χ2v) is 8.73. The number of carbonyl (C=O) groups excluding carboxylic acids is 1. The number of rotatable bonds is 6. The van der Waals surface area contributed by atoms with Crippen molar-refractivity contribution in [1.82, 2.24) is 4.72 Å². The molecule has 0 unspecified atom stereocenters. The van der Waals surface area contributed by atoms with Crippen molar-refractivity contribution in [3.05, 3.63) is 59.9 Å². The first-order chi connectivity index (χ1) is 13.8. The SMILES string of the molecule is O=C(/C=C/c1ccc(O)c(F)c1)Nc1ccc(S(=O)(=O)NC2CCCCC2)cc1. The van der Waals surface area contributed by atoms with Crippen LogP contribution in [0.15, 0.2) is 53.4 Å². The molecule has 2 aromatic rings. The molecule has 0 spiro atoms. The Morgan fingerprint density at radius 1 is 1.07 bits per heavy atom. The molecule has 3 N–H and O–H groups in total. The lowest BCUT2D eigenvalue weighted by atomic mass is 9.96. The molecule has 0 bridgehead atoms. The minimum absolute atomic E-state index is 0.0250. The van der Waals surface area contributed by atoms with Crippen LogP contribution in [-0.2, 0) is 14.8 Å². The van der Waals surface area contributed by atoms with Gasteiger partial charge in [-0.15, -0.1) is 0 Å². The van der Waals surface area contributed by atoms with Crippen LogP contribution in [0.2, 0.25) is 0 Å². The number of halogens is 1. The fourth-order valence-corrected chi connectivity index (χ4v) is 4.51. The van der Waals surface area contributed by atoms with Gasteiger partial charge in [-0.2, -0.15) is 0 Å². The third-order valence-electron chi connectivity index (χ3n) is 4.76. The summed E-state index contributed by atoms with van der Waals surface area (Å²) in [5.41, 5.74) is 0.860. The van der Waals surface area contributed by atoms with E-state index >= 15 is 0 Å². The normalized spacial score (nSPS) is 15.5. The highest BCUT2D eigenvalue weighted by Crippen LogP contribution is 2.21. The van der Waals surface area contributed by atoms with Gasteiger partial charge in [0.15, 0.2) is 11.6 Å². The Bertz CT molecular complexity index is 998. The number of phenolic OH excluding ortho intramolecular Hbond substituents is 1. The van der Waals surface area contributed by atoms with Gasteiger partial charge in [-0.1, -0.05) is 25.3 Å². The topological polar surface area (TPSA) is 95.5 Å². The Balaban J connectivity index is 1.59. The second-order valence-electron chi connectivity index (χ2n) is 7.01. The Hall–Kier alpha value is -2.71. The molecular weight excluding hydrogens is 395 g/mol. The van der Waals surface area contributed by atoms with Crippen LogP contribution in [0.1, 0.15) is 37.7 Å². The molecule has 0 radical (unpaired) electrons. The molecule has 6 nitrogen and oxygen atoms in total. The number of amides is 1. The van der Waals surface area contributed by atoms with E-state index in [4.69, 9.17) is 5.11 Å². The Kier molecular flexibility index (Phi) is 6.66. The van der Waals surface area contributed by atoms with Gasteiger partial charge in [0.05, 0.1) is 4.90 Å². The number of hydrogen-bond donors (Lipinski definition) is 3. The van der Waals surface area contributed by atoms with Gasteiger partial charge in [0, 0.05) is 17.8 Å². The molecule has 0 atom stereocenters. The summed E-state index contributed by atoms with van der Waals surface area (Å²) < 4.78 is 41.0. The van der Waals surface area contributed by atoms with E-state index in [1.165, 1.54) is 48.6 Å². The standard InChI is InChI=1S/C21H23FN2O4S/c22-19-14-15(6-12-20(19)25)7-13-21(26)23-16-8-10-18(11-9-16)29(27,28)24-17-4-2-1-3-5-17/h6-14,17,24-25H,1-5H2,(H,23,26)/b13-7+. The molecular formula is C21H23FN2O4S. The molecule has 154 valence electrons. The van der Waals surface area contributed by atoms with Crippen LogP contribution in [0.3, 0.4) is 0 Å². The first-order valence-corrected chi connectivity index (χ1v) is 10.9. The fourth-order valence-electron chi connectivity index (χ4n) is 3.21. The smallest absolute Gasteiger partial charge is 0.248 e. The third kappa shape index (κ3) is 5.88. The van der Waals surface area contributed by atoms with Crippen molar-refractivity contribution in [1.29, 1.82) is 0 Å². The Morgan fingerprint density at radius 2 is 1.76 bits per heavy atom. The summed E-state index contributed by atoms with van der Waals surface area (Å²) in [6.07, 6.45) is 7.54. The molecule has 8 heteroatoms. The Morgan fingerprint density at radius 3 is 2.41 bits per heavy atom. The minimum atomic E-state index is -3.59. The molecule has 29 heavy (non-hydrogen) atoms. The molecule has 3 rings (SSSR count). The zero-order valence-electron chi connectivity index (χ0n) is 15.8. The average Bonchev–Trinajstić information content (AvgIpc) is 2.70. The van der Waals surface area contributed by atoms with E-state index in [9.17, 15) is 17.6 Å². The monoisotopic (exact) mass is 418 g/mol. The Labute approximate surface area is 169 Å². The average molecular weight is 418 g/mol. The van der Waals surface area contributed by atoms with Crippen molar-refractivity contribution in [2.75, 3.05) is 5.32 Å². The van der Waals surface area contributed by atoms with E-state index in [0.29, 0.717) is 11.3 Å². The number of hydrogen-bond acceptors (Lipinski definition) is 4. The number of carbonyl (C=O) groups is 1.